The summed E-state index contributed by atoms with van der Waals surface area (Å²) in [5.74, 6) is 0.835. The predicted octanol–water partition coefficient (Wildman–Crippen LogP) is 1.99. The van der Waals surface area contributed by atoms with Crippen molar-refractivity contribution in [3.8, 4) is 0 Å². The Kier molecular flexibility index (Phi) is 4.66. The normalized spacial score (nSPS) is 22.6. The lowest BCUT2D eigenvalue weighted by atomic mass is 10.0. The second kappa shape index (κ2) is 6.67. The second-order valence-electron chi connectivity index (χ2n) is 5.88. The van der Waals surface area contributed by atoms with Crippen molar-refractivity contribution in [1.82, 2.24) is 10.2 Å². The van der Waals surface area contributed by atoms with Gasteiger partial charge in [0.15, 0.2) is 0 Å². The number of amides is 1. The van der Waals surface area contributed by atoms with Gasteiger partial charge < -0.3 is 15.1 Å². The highest BCUT2D eigenvalue weighted by molar-refractivity contribution is 6.33. The molecule has 114 valence electrons. The summed E-state index contributed by atoms with van der Waals surface area (Å²) in [5.41, 5.74) is 1.08. The molecule has 4 nitrogen and oxygen atoms in total. The lowest BCUT2D eigenvalue weighted by Gasteiger charge is -2.36. The quantitative estimate of drug-likeness (QED) is 0.927. The van der Waals surface area contributed by atoms with E-state index in [1.54, 1.807) is 0 Å². The molecule has 2 saturated heterocycles. The van der Waals surface area contributed by atoms with Crippen LogP contribution in [-0.4, -0.2) is 50.1 Å². The molecule has 0 saturated carbocycles. The van der Waals surface area contributed by atoms with Crippen LogP contribution in [0.15, 0.2) is 24.3 Å². The van der Waals surface area contributed by atoms with Crippen molar-refractivity contribution >= 4 is 23.2 Å². The molecule has 0 unspecified atom stereocenters. The summed E-state index contributed by atoms with van der Waals surface area (Å²) < 4.78 is 0. The van der Waals surface area contributed by atoms with E-state index < -0.39 is 0 Å². The van der Waals surface area contributed by atoms with Gasteiger partial charge in [0.2, 0.25) is 5.91 Å². The van der Waals surface area contributed by atoms with Crippen LogP contribution in [0.5, 0.6) is 0 Å². The number of nitrogens with one attached hydrogen (secondary N) is 1. The Hall–Kier alpha value is -1.26. The average Bonchev–Trinajstić information content (AvgIpc) is 3.01. The molecule has 5 heteroatoms. The highest BCUT2D eigenvalue weighted by Gasteiger charge is 2.25. The fourth-order valence-electron chi connectivity index (χ4n) is 3.17. The van der Waals surface area contributed by atoms with Crippen LogP contribution in [0, 0.1) is 5.92 Å². The molecule has 0 bridgehead atoms. The second-order valence-corrected chi connectivity index (χ2v) is 6.29. The highest BCUT2D eigenvalue weighted by Crippen LogP contribution is 2.26. The first-order valence-electron chi connectivity index (χ1n) is 7.72. The van der Waals surface area contributed by atoms with Gasteiger partial charge in [0.05, 0.1) is 10.7 Å². The van der Waals surface area contributed by atoms with Gasteiger partial charge in [0, 0.05) is 32.6 Å². The maximum atomic E-state index is 12.3. The van der Waals surface area contributed by atoms with Gasteiger partial charge in [-0.1, -0.05) is 23.7 Å². The molecule has 0 radical (unpaired) electrons. The molecule has 1 aromatic carbocycles. The number of nitrogens with zero attached hydrogens (tertiary/aromatic N) is 2. The Morgan fingerprint density at radius 2 is 2.00 bits per heavy atom. The molecule has 2 heterocycles. The molecule has 2 fully saturated rings. The molecule has 21 heavy (non-hydrogen) atoms. The van der Waals surface area contributed by atoms with Crippen LogP contribution in [0.25, 0.3) is 0 Å². The summed E-state index contributed by atoms with van der Waals surface area (Å²) in [5, 5.41) is 4.11. The van der Waals surface area contributed by atoms with Crippen LogP contribution >= 0.6 is 11.6 Å². The number of carbonyl (C=O) groups is 1. The van der Waals surface area contributed by atoms with Gasteiger partial charge in [-0.3, -0.25) is 4.79 Å². The summed E-state index contributed by atoms with van der Waals surface area (Å²) in [4.78, 5) is 16.6. The minimum Gasteiger partial charge on any atom is -0.367 e. The van der Waals surface area contributed by atoms with Gasteiger partial charge in [-0.15, -0.1) is 0 Å². The van der Waals surface area contributed by atoms with Crippen LogP contribution in [-0.2, 0) is 4.79 Å². The van der Waals surface area contributed by atoms with Crippen molar-refractivity contribution in [2.75, 3.05) is 44.2 Å². The summed E-state index contributed by atoms with van der Waals surface area (Å²) in [6.07, 6.45) is 1.82. The third-order valence-electron chi connectivity index (χ3n) is 4.45. The third kappa shape index (κ3) is 3.50. The Morgan fingerprint density at radius 3 is 2.67 bits per heavy atom. The Balaban J connectivity index is 1.52. The van der Waals surface area contributed by atoms with E-state index in [2.05, 4.69) is 10.2 Å². The summed E-state index contributed by atoms with van der Waals surface area (Å²) in [6, 6.07) is 7.92. The first-order chi connectivity index (χ1) is 10.2. The number of carbonyl (C=O) groups excluding carboxylic acids is 1. The lowest BCUT2D eigenvalue weighted by molar-refractivity contribution is -0.132. The largest absolute Gasteiger partial charge is 0.367 e. The van der Waals surface area contributed by atoms with Gasteiger partial charge in [-0.2, -0.15) is 0 Å². The first kappa shape index (κ1) is 14.7. The number of anilines is 1. The lowest BCUT2D eigenvalue weighted by Crippen LogP contribution is -2.49. The van der Waals surface area contributed by atoms with Crippen molar-refractivity contribution in [2.45, 2.75) is 12.8 Å². The molecule has 1 amide bonds. The minimum absolute atomic E-state index is 0.308. The molecule has 3 rings (SSSR count). The number of halogens is 1. The number of rotatable bonds is 3. The molecule has 0 aromatic heterocycles. The van der Waals surface area contributed by atoms with E-state index in [-0.39, 0.29) is 0 Å². The van der Waals surface area contributed by atoms with E-state index in [1.165, 1.54) is 0 Å². The van der Waals surface area contributed by atoms with Crippen LogP contribution in [0.3, 0.4) is 0 Å². The maximum Gasteiger partial charge on any atom is 0.223 e. The molecule has 0 aliphatic carbocycles. The Bertz CT molecular complexity index is 494. The molecular formula is C16H22ClN3O. The predicted molar refractivity (Wildman–Crippen MR) is 85.8 cm³/mol. The maximum absolute atomic E-state index is 12.3. The van der Waals surface area contributed by atoms with Gasteiger partial charge in [0.1, 0.15) is 0 Å². The minimum atomic E-state index is 0.308. The fraction of sp³-hybridized carbons (Fsp3) is 0.562. The molecule has 0 spiro atoms. The SMILES string of the molecule is O=C(C[C@@H]1CCNC1)N1CCN(c2ccccc2Cl)CC1. The van der Waals surface area contributed by atoms with E-state index in [1.807, 2.05) is 29.2 Å². The fourth-order valence-corrected chi connectivity index (χ4v) is 3.42. The molecule has 2 aliphatic rings. The summed E-state index contributed by atoms with van der Waals surface area (Å²) in [6.45, 7) is 5.36. The van der Waals surface area contributed by atoms with Gasteiger partial charge >= 0.3 is 0 Å². The van der Waals surface area contributed by atoms with E-state index in [0.717, 1.165) is 56.4 Å². The van der Waals surface area contributed by atoms with E-state index in [9.17, 15) is 4.79 Å². The molecule has 1 aromatic rings. The zero-order valence-electron chi connectivity index (χ0n) is 12.2. The van der Waals surface area contributed by atoms with E-state index in [0.29, 0.717) is 18.2 Å². The standard InChI is InChI=1S/C16H22ClN3O/c17-14-3-1-2-4-15(14)19-7-9-20(10-8-19)16(21)11-13-5-6-18-12-13/h1-4,13,18H,5-12H2/t13-/m0/s1. The zero-order chi connectivity index (χ0) is 14.7. The number of para-hydroxylation sites is 1. The molecule has 2 aliphatic heterocycles. The average molecular weight is 308 g/mol. The Labute approximate surface area is 131 Å². The van der Waals surface area contributed by atoms with Gasteiger partial charge in [0.25, 0.3) is 0 Å². The van der Waals surface area contributed by atoms with Crippen LogP contribution < -0.4 is 10.2 Å². The molecule has 1 N–H and O–H groups in total. The molecule has 1 atom stereocenters. The topological polar surface area (TPSA) is 35.6 Å². The number of benzene rings is 1. The monoisotopic (exact) mass is 307 g/mol. The van der Waals surface area contributed by atoms with Crippen molar-refractivity contribution in [2.24, 2.45) is 5.92 Å². The molecular weight excluding hydrogens is 286 g/mol. The first-order valence-corrected chi connectivity index (χ1v) is 8.10. The smallest absolute Gasteiger partial charge is 0.223 e. The number of hydrogen-bond acceptors (Lipinski definition) is 3. The Morgan fingerprint density at radius 1 is 1.24 bits per heavy atom. The van der Waals surface area contributed by atoms with Crippen LogP contribution in [0.4, 0.5) is 5.69 Å². The van der Waals surface area contributed by atoms with Crippen molar-refractivity contribution < 1.29 is 4.79 Å². The van der Waals surface area contributed by atoms with E-state index in [4.69, 9.17) is 11.6 Å². The number of piperazine rings is 1. The van der Waals surface area contributed by atoms with Crippen LogP contribution in [0.2, 0.25) is 5.02 Å². The summed E-state index contributed by atoms with van der Waals surface area (Å²) in [7, 11) is 0. The highest BCUT2D eigenvalue weighted by atomic mass is 35.5. The van der Waals surface area contributed by atoms with Gasteiger partial charge in [-0.25, -0.2) is 0 Å². The van der Waals surface area contributed by atoms with Crippen LogP contribution in [0.1, 0.15) is 12.8 Å². The zero-order valence-corrected chi connectivity index (χ0v) is 13.0. The van der Waals surface area contributed by atoms with Gasteiger partial charge in [-0.05, 0) is 37.6 Å². The van der Waals surface area contributed by atoms with Crippen molar-refractivity contribution in [1.29, 1.82) is 0 Å². The summed E-state index contributed by atoms with van der Waals surface area (Å²) >= 11 is 6.24. The van der Waals surface area contributed by atoms with Crippen molar-refractivity contribution in [3.05, 3.63) is 29.3 Å². The van der Waals surface area contributed by atoms with E-state index >= 15 is 0 Å². The number of hydrogen-bond donors (Lipinski definition) is 1. The van der Waals surface area contributed by atoms with Crippen molar-refractivity contribution in [3.63, 3.8) is 0 Å². The third-order valence-corrected chi connectivity index (χ3v) is 4.77.